The van der Waals surface area contributed by atoms with E-state index < -0.39 is 35.6 Å². The number of cyclic esters (lactones) is 1. The molecule has 3 rings (SSSR count). The smallest absolute Gasteiger partial charge is 0.309 e. The molecule has 2 saturated heterocycles. The molecular weight excluding hydrogens is 498 g/mol. The number of thioether (sulfide) groups is 1. The molecule has 0 saturated carbocycles. The lowest BCUT2D eigenvalue weighted by molar-refractivity contribution is -0.154. The van der Waals surface area contributed by atoms with Gasteiger partial charge in [-0.1, -0.05) is 45.9 Å². The lowest BCUT2D eigenvalue weighted by atomic mass is 9.73. The molecule has 1 unspecified atom stereocenters. The molecule has 0 bridgehead atoms. The normalized spacial score (nSPS) is 36.8. The number of fused-ring (bicyclic) bond motifs is 1. The number of epoxide rings is 1. The number of carbonyl (C=O) groups excluding carboxylic acids is 2. The second-order valence-electron chi connectivity index (χ2n) is 11.2. The molecule has 202 valence electrons. The number of hydrogen-bond acceptors (Lipinski definition) is 9. The van der Waals surface area contributed by atoms with E-state index in [4.69, 9.17) is 9.47 Å². The van der Waals surface area contributed by atoms with Gasteiger partial charge in [0.05, 0.1) is 41.4 Å². The maximum Gasteiger partial charge on any atom is 0.309 e. The van der Waals surface area contributed by atoms with Gasteiger partial charge in [0.2, 0.25) is 0 Å². The Morgan fingerprint density at radius 3 is 2.58 bits per heavy atom. The number of aromatic nitrogens is 1. The van der Waals surface area contributed by atoms with Crippen molar-refractivity contribution in [3.63, 3.8) is 0 Å². The molecule has 0 aliphatic carbocycles. The van der Waals surface area contributed by atoms with Crippen molar-refractivity contribution in [3.05, 3.63) is 16.6 Å². The van der Waals surface area contributed by atoms with Crippen LogP contribution >= 0.6 is 23.1 Å². The van der Waals surface area contributed by atoms with Crippen molar-refractivity contribution >= 4 is 40.9 Å². The SMILES string of the molecule is CSc1nc(/C=C(\C)C2C[C@@H]3O[C@]3(C)CCC[C@H](C)[C@H](O)[C@@H](C)C(=O)C(C)(C)[C@@H](O)CC(=O)O2)cs1. The number of carbonyl (C=O) groups is 2. The van der Waals surface area contributed by atoms with Crippen LogP contribution in [0.4, 0.5) is 0 Å². The quantitative estimate of drug-likeness (QED) is 0.317. The summed E-state index contributed by atoms with van der Waals surface area (Å²) in [4.78, 5) is 30.8. The van der Waals surface area contributed by atoms with E-state index in [0.717, 1.165) is 34.9 Å². The van der Waals surface area contributed by atoms with Crippen LogP contribution in [0.3, 0.4) is 0 Å². The summed E-state index contributed by atoms with van der Waals surface area (Å²) in [6.07, 6.45) is 3.94. The number of esters is 1. The van der Waals surface area contributed by atoms with Crippen molar-refractivity contribution < 1.29 is 29.3 Å². The summed E-state index contributed by atoms with van der Waals surface area (Å²) in [7, 11) is 0. The van der Waals surface area contributed by atoms with Crippen LogP contribution in [0.15, 0.2) is 15.3 Å². The van der Waals surface area contributed by atoms with Crippen LogP contribution in [-0.4, -0.2) is 63.2 Å². The number of thiazole rings is 1. The number of aliphatic hydroxyl groups is 2. The molecule has 2 fully saturated rings. The molecular formula is C27H41NO6S2. The predicted octanol–water partition coefficient (Wildman–Crippen LogP) is 4.89. The van der Waals surface area contributed by atoms with Crippen molar-refractivity contribution in [2.75, 3.05) is 6.26 Å². The van der Waals surface area contributed by atoms with Crippen molar-refractivity contribution in [3.8, 4) is 0 Å². The van der Waals surface area contributed by atoms with Crippen LogP contribution in [0.1, 0.15) is 79.3 Å². The molecule has 9 heteroatoms. The van der Waals surface area contributed by atoms with Gasteiger partial charge >= 0.3 is 5.97 Å². The van der Waals surface area contributed by atoms with E-state index in [1.807, 2.05) is 31.6 Å². The number of hydrogen-bond donors (Lipinski definition) is 2. The third-order valence-corrected chi connectivity index (χ3v) is 9.85. The fraction of sp³-hybridized carbons (Fsp3) is 0.741. The molecule has 7 nitrogen and oxygen atoms in total. The monoisotopic (exact) mass is 539 g/mol. The first-order valence-electron chi connectivity index (χ1n) is 12.7. The Balaban J connectivity index is 1.85. The van der Waals surface area contributed by atoms with Crippen LogP contribution < -0.4 is 0 Å². The van der Waals surface area contributed by atoms with Gasteiger partial charge in [0, 0.05) is 17.7 Å². The standard InChI is InChI=1S/C27H41NO6S2/c1-15-9-8-10-27(6)21(34-27)12-19(16(2)11-18-14-36-25(28-18)35-7)33-22(30)13-20(29)26(4,5)24(32)17(3)23(15)31/h11,14-15,17,19-21,23,29,31H,8-10,12-13H2,1-7H3/b16-11+/t15-,17+,19?,20-,21-,23-,27+/m0/s1. The average Bonchev–Trinajstić information content (AvgIpc) is 3.23. The van der Waals surface area contributed by atoms with E-state index >= 15 is 0 Å². The minimum absolute atomic E-state index is 0.0501. The Morgan fingerprint density at radius 1 is 1.25 bits per heavy atom. The summed E-state index contributed by atoms with van der Waals surface area (Å²) < 4.78 is 12.9. The zero-order valence-electron chi connectivity index (χ0n) is 22.4. The van der Waals surface area contributed by atoms with Crippen LogP contribution in [0.25, 0.3) is 6.08 Å². The van der Waals surface area contributed by atoms with Gasteiger partial charge in [0.25, 0.3) is 0 Å². The summed E-state index contributed by atoms with van der Waals surface area (Å²) in [6.45, 7) is 10.9. The maximum absolute atomic E-state index is 13.2. The maximum atomic E-state index is 13.2. The van der Waals surface area contributed by atoms with Gasteiger partial charge in [-0.3, -0.25) is 9.59 Å². The Kier molecular flexibility index (Phi) is 9.47. The zero-order valence-corrected chi connectivity index (χ0v) is 24.1. The van der Waals surface area contributed by atoms with Gasteiger partial charge in [0.1, 0.15) is 16.2 Å². The number of rotatable bonds is 3. The minimum Gasteiger partial charge on any atom is -0.458 e. The Morgan fingerprint density at radius 2 is 1.94 bits per heavy atom. The molecule has 7 atom stereocenters. The number of Topliss-reactive ketones (excluding diaryl/α,β-unsaturated/α-hetero) is 1. The summed E-state index contributed by atoms with van der Waals surface area (Å²) in [5.74, 6) is -1.55. The number of ether oxygens (including phenoxy) is 2. The lowest BCUT2D eigenvalue weighted by Gasteiger charge is -2.34. The van der Waals surface area contributed by atoms with Gasteiger partial charge in [-0.15, -0.1) is 11.3 Å². The molecule has 2 aliphatic rings. The predicted molar refractivity (Wildman–Crippen MR) is 143 cm³/mol. The largest absolute Gasteiger partial charge is 0.458 e. The Hall–Kier alpha value is -1.26. The fourth-order valence-corrected chi connectivity index (χ4v) is 6.28. The van der Waals surface area contributed by atoms with Gasteiger partial charge in [-0.25, -0.2) is 4.98 Å². The van der Waals surface area contributed by atoms with E-state index in [1.165, 1.54) is 0 Å². The molecule has 1 aromatic heterocycles. The molecule has 3 heterocycles. The van der Waals surface area contributed by atoms with Crippen molar-refractivity contribution in [1.82, 2.24) is 4.98 Å². The van der Waals surface area contributed by atoms with E-state index in [-0.39, 0.29) is 29.8 Å². The molecule has 0 aromatic carbocycles. The van der Waals surface area contributed by atoms with Crippen LogP contribution in [0.5, 0.6) is 0 Å². The minimum atomic E-state index is -1.23. The van der Waals surface area contributed by atoms with Gasteiger partial charge in [0.15, 0.2) is 0 Å². The van der Waals surface area contributed by atoms with E-state index in [0.29, 0.717) is 6.42 Å². The summed E-state index contributed by atoms with van der Waals surface area (Å²) in [6, 6.07) is 0. The van der Waals surface area contributed by atoms with Crippen molar-refractivity contribution in [2.45, 2.75) is 108 Å². The molecule has 0 spiro atoms. The van der Waals surface area contributed by atoms with Crippen LogP contribution in [-0.2, 0) is 19.1 Å². The molecule has 0 radical (unpaired) electrons. The van der Waals surface area contributed by atoms with Gasteiger partial charge in [-0.05, 0) is 50.5 Å². The van der Waals surface area contributed by atoms with E-state index in [1.54, 1.807) is 43.9 Å². The van der Waals surface area contributed by atoms with E-state index in [2.05, 4.69) is 11.9 Å². The average molecular weight is 540 g/mol. The molecule has 36 heavy (non-hydrogen) atoms. The fourth-order valence-electron chi connectivity index (χ4n) is 5.05. The van der Waals surface area contributed by atoms with Gasteiger partial charge in [-0.2, -0.15) is 0 Å². The van der Waals surface area contributed by atoms with Crippen molar-refractivity contribution in [2.24, 2.45) is 17.3 Å². The molecule has 1 aromatic rings. The summed E-state index contributed by atoms with van der Waals surface area (Å²) in [5, 5.41) is 23.7. The van der Waals surface area contributed by atoms with Crippen LogP contribution in [0.2, 0.25) is 0 Å². The Bertz CT molecular complexity index is 975. The zero-order chi connectivity index (χ0) is 26.8. The first kappa shape index (κ1) is 29.3. The molecule has 0 amide bonds. The second-order valence-corrected chi connectivity index (χ2v) is 13.1. The highest BCUT2D eigenvalue weighted by Crippen LogP contribution is 2.45. The molecule has 2 aliphatic heterocycles. The van der Waals surface area contributed by atoms with Crippen LogP contribution in [0, 0.1) is 17.3 Å². The van der Waals surface area contributed by atoms with Gasteiger partial charge < -0.3 is 19.7 Å². The first-order chi connectivity index (χ1) is 16.8. The number of ketones is 1. The third-order valence-electron chi connectivity index (χ3n) is 7.97. The topological polar surface area (TPSA) is 109 Å². The van der Waals surface area contributed by atoms with E-state index in [9.17, 15) is 19.8 Å². The third kappa shape index (κ3) is 6.78. The highest BCUT2D eigenvalue weighted by molar-refractivity contribution is 8.00. The number of aliphatic hydroxyl groups excluding tert-OH is 2. The number of nitrogens with zero attached hydrogens (tertiary/aromatic N) is 1. The van der Waals surface area contributed by atoms with Crippen molar-refractivity contribution in [1.29, 1.82) is 0 Å². The molecule has 2 N–H and O–H groups in total. The highest BCUT2D eigenvalue weighted by Gasteiger charge is 2.53. The Labute approximate surface area is 223 Å². The summed E-state index contributed by atoms with van der Waals surface area (Å²) >= 11 is 3.15. The lowest BCUT2D eigenvalue weighted by Crippen LogP contribution is -2.45. The highest BCUT2D eigenvalue weighted by atomic mass is 32.2. The first-order valence-corrected chi connectivity index (χ1v) is 14.8. The summed E-state index contributed by atoms with van der Waals surface area (Å²) in [5.41, 5.74) is 0.166. The second kappa shape index (κ2) is 11.6.